The molecule has 0 aliphatic carbocycles. The zero-order valence-electron chi connectivity index (χ0n) is 3.96. The van der Waals surface area contributed by atoms with Crippen molar-refractivity contribution in [3.05, 3.63) is 30.3 Å². The van der Waals surface area contributed by atoms with Crippen LogP contribution in [0.5, 0.6) is 0 Å². The SMILES string of the molecule is Nc1ccccc1.[NaH].[NaH]. The zero-order chi connectivity index (χ0) is 5.11. The van der Waals surface area contributed by atoms with Crippen LogP contribution in [-0.4, -0.2) is 59.1 Å². The normalized spacial score (nSPS) is 6.67. The van der Waals surface area contributed by atoms with Gasteiger partial charge in [0.1, 0.15) is 0 Å². The molecule has 0 aliphatic heterocycles. The molecular formula is C6H9NNa2. The van der Waals surface area contributed by atoms with Gasteiger partial charge in [0.25, 0.3) is 0 Å². The molecule has 0 radical (unpaired) electrons. The molecule has 0 aliphatic rings. The van der Waals surface area contributed by atoms with Crippen molar-refractivity contribution in [1.29, 1.82) is 0 Å². The van der Waals surface area contributed by atoms with Gasteiger partial charge in [0.15, 0.2) is 0 Å². The maximum absolute atomic E-state index is 5.36. The number of nitrogens with two attached hydrogens (primary N) is 1. The third-order valence-electron chi connectivity index (χ3n) is 0.800. The molecule has 1 nitrogen and oxygen atoms in total. The van der Waals surface area contributed by atoms with Crippen molar-refractivity contribution >= 4 is 64.8 Å². The van der Waals surface area contributed by atoms with Gasteiger partial charge >= 0.3 is 59.1 Å². The molecule has 0 atom stereocenters. The number of hydrogen-bond acceptors (Lipinski definition) is 1. The van der Waals surface area contributed by atoms with E-state index in [1.165, 1.54) is 0 Å². The molecule has 40 valence electrons. The standard InChI is InChI=1S/C6H7N.2Na.2H/c7-6-4-2-1-3-5-6;;;;/h1-5H,7H2;;;;. The Morgan fingerprint density at radius 2 is 1.33 bits per heavy atom. The minimum atomic E-state index is 0. The van der Waals surface area contributed by atoms with E-state index < -0.39 is 0 Å². The Morgan fingerprint density at radius 3 is 1.56 bits per heavy atom. The van der Waals surface area contributed by atoms with Gasteiger partial charge in [0.2, 0.25) is 0 Å². The van der Waals surface area contributed by atoms with Gasteiger partial charge in [0.05, 0.1) is 0 Å². The van der Waals surface area contributed by atoms with Gasteiger partial charge in [0, 0.05) is 5.69 Å². The van der Waals surface area contributed by atoms with Gasteiger partial charge in [-0.15, -0.1) is 0 Å². The molecule has 1 aromatic rings. The summed E-state index contributed by atoms with van der Waals surface area (Å²) in [6.07, 6.45) is 0. The van der Waals surface area contributed by atoms with Crippen LogP contribution in [0, 0.1) is 0 Å². The molecule has 0 bridgehead atoms. The van der Waals surface area contributed by atoms with E-state index in [-0.39, 0.29) is 59.1 Å². The molecule has 0 aromatic heterocycles. The third kappa shape index (κ3) is 5.46. The summed E-state index contributed by atoms with van der Waals surface area (Å²) < 4.78 is 0. The molecule has 0 spiro atoms. The average Bonchev–Trinajstić information content (AvgIpc) is 1.69. The van der Waals surface area contributed by atoms with Crippen molar-refractivity contribution in [3.8, 4) is 0 Å². The fourth-order valence-electron chi connectivity index (χ4n) is 0.453. The first-order chi connectivity index (χ1) is 3.39. The molecule has 1 aromatic carbocycles. The summed E-state index contributed by atoms with van der Waals surface area (Å²) in [5.74, 6) is 0. The van der Waals surface area contributed by atoms with Crippen molar-refractivity contribution in [3.63, 3.8) is 0 Å². The molecule has 2 N–H and O–H groups in total. The molecular weight excluding hydrogens is 132 g/mol. The van der Waals surface area contributed by atoms with Crippen LogP contribution < -0.4 is 5.73 Å². The van der Waals surface area contributed by atoms with Crippen LogP contribution in [0.3, 0.4) is 0 Å². The molecule has 0 fully saturated rings. The summed E-state index contributed by atoms with van der Waals surface area (Å²) in [5, 5.41) is 0. The van der Waals surface area contributed by atoms with Crippen LogP contribution in [0.25, 0.3) is 0 Å². The number of hydrogen-bond donors (Lipinski definition) is 1. The van der Waals surface area contributed by atoms with Crippen molar-refractivity contribution in [2.45, 2.75) is 0 Å². The molecule has 0 heterocycles. The predicted octanol–water partition coefficient (Wildman–Crippen LogP) is -0.0282. The summed E-state index contributed by atoms with van der Waals surface area (Å²) >= 11 is 0. The molecule has 0 amide bonds. The Morgan fingerprint density at radius 1 is 0.889 bits per heavy atom. The number of para-hydroxylation sites is 1. The van der Waals surface area contributed by atoms with E-state index >= 15 is 0 Å². The first kappa shape index (κ1) is 12.7. The van der Waals surface area contributed by atoms with E-state index in [1.807, 2.05) is 30.3 Å². The average molecular weight is 141 g/mol. The number of nitrogen functional groups attached to an aromatic ring is 1. The van der Waals surface area contributed by atoms with Gasteiger partial charge in [-0.3, -0.25) is 0 Å². The van der Waals surface area contributed by atoms with Gasteiger partial charge in [-0.05, 0) is 12.1 Å². The van der Waals surface area contributed by atoms with E-state index in [0.717, 1.165) is 5.69 Å². The van der Waals surface area contributed by atoms with E-state index in [0.29, 0.717) is 0 Å². The van der Waals surface area contributed by atoms with Crippen LogP contribution in [0.4, 0.5) is 5.69 Å². The van der Waals surface area contributed by atoms with Crippen molar-refractivity contribution < 1.29 is 0 Å². The van der Waals surface area contributed by atoms with Gasteiger partial charge in [-0.2, -0.15) is 0 Å². The topological polar surface area (TPSA) is 26.0 Å². The summed E-state index contributed by atoms with van der Waals surface area (Å²) in [5.41, 5.74) is 6.18. The fraction of sp³-hybridized carbons (Fsp3) is 0. The zero-order valence-corrected chi connectivity index (χ0v) is 3.96. The molecule has 0 saturated heterocycles. The van der Waals surface area contributed by atoms with E-state index in [1.54, 1.807) is 0 Å². The van der Waals surface area contributed by atoms with Crippen molar-refractivity contribution in [2.24, 2.45) is 0 Å². The van der Waals surface area contributed by atoms with Crippen LogP contribution in [-0.2, 0) is 0 Å². The predicted molar refractivity (Wildman–Crippen MR) is 45.2 cm³/mol. The first-order valence-electron chi connectivity index (χ1n) is 2.20. The second-order valence-corrected chi connectivity index (χ2v) is 1.41. The molecule has 1 rings (SSSR count). The number of rotatable bonds is 0. The number of anilines is 1. The Labute approximate surface area is 99.6 Å². The summed E-state index contributed by atoms with van der Waals surface area (Å²) in [7, 11) is 0. The van der Waals surface area contributed by atoms with E-state index in [4.69, 9.17) is 5.73 Å². The summed E-state index contributed by atoms with van der Waals surface area (Å²) in [6, 6.07) is 9.49. The second kappa shape index (κ2) is 7.13. The maximum atomic E-state index is 5.36. The molecule has 0 unspecified atom stereocenters. The Hall–Kier alpha value is 1.02. The second-order valence-electron chi connectivity index (χ2n) is 1.41. The minimum absolute atomic E-state index is 0. The summed E-state index contributed by atoms with van der Waals surface area (Å²) in [4.78, 5) is 0. The number of benzene rings is 1. The Bertz CT molecular complexity index is 141. The van der Waals surface area contributed by atoms with Crippen LogP contribution in [0.1, 0.15) is 0 Å². The van der Waals surface area contributed by atoms with Crippen LogP contribution in [0.2, 0.25) is 0 Å². The Balaban J connectivity index is 0. The van der Waals surface area contributed by atoms with Crippen molar-refractivity contribution in [1.82, 2.24) is 0 Å². The van der Waals surface area contributed by atoms with Gasteiger partial charge < -0.3 is 5.73 Å². The van der Waals surface area contributed by atoms with Gasteiger partial charge in [-0.1, -0.05) is 18.2 Å². The molecule has 3 heteroatoms. The fourth-order valence-corrected chi connectivity index (χ4v) is 0.453. The summed E-state index contributed by atoms with van der Waals surface area (Å²) in [6.45, 7) is 0. The van der Waals surface area contributed by atoms with Crippen LogP contribution >= 0.6 is 0 Å². The van der Waals surface area contributed by atoms with Crippen molar-refractivity contribution in [2.75, 3.05) is 5.73 Å². The monoisotopic (exact) mass is 141 g/mol. The first-order valence-corrected chi connectivity index (χ1v) is 2.20. The molecule has 0 saturated carbocycles. The van der Waals surface area contributed by atoms with Crippen LogP contribution in [0.15, 0.2) is 30.3 Å². The Kier molecular flexibility index (Phi) is 10.0. The van der Waals surface area contributed by atoms with E-state index in [9.17, 15) is 0 Å². The van der Waals surface area contributed by atoms with Gasteiger partial charge in [-0.25, -0.2) is 0 Å². The quantitative estimate of drug-likeness (QED) is 0.398. The van der Waals surface area contributed by atoms with E-state index in [2.05, 4.69) is 0 Å². The molecule has 9 heavy (non-hydrogen) atoms. The third-order valence-corrected chi connectivity index (χ3v) is 0.800.